The van der Waals surface area contributed by atoms with Gasteiger partial charge in [-0.3, -0.25) is 14.2 Å². The molecular formula is C30H58NO8P. The Bertz CT molecular complexity index is 723. The molecule has 2 unspecified atom stereocenters. The van der Waals surface area contributed by atoms with Crippen molar-refractivity contribution in [2.75, 3.05) is 47.5 Å². The number of quaternary nitrogens is 1. The second kappa shape index (κ2) is 24.4. The number of rotatable bonds is 27. The average molecular weight is 592 g/mol. The van der Waals surface area contributed by atoms with Crippen molar-refractivity contribution in [3.05, 3.63) is 12.2 Å². The van der Waals surface area contributed by atoms with Gasteiger partial charge in [0.1, 0.15) is 19.8 Å². The maximum atomic E-state index is 12.3. The molecule has 0 spiro atoms. The predicted octanol–water partition coefficient (Wildman–Crippen LogP) is 6.49. The summed E-state index contributed by atoms with van der Waals surface area (Å²) in [5.74, 6) is -1.03. The van der Waals surface area contributed by atoms with Gasteiger partial charge in [-0.25, -0.2) is 0 Å². The van der Waals surface area contributed by atoms with E-state index in [1.807, 2.05) is 21.1 Å². The molecule has 0 bridgehead atoms. The van der Waals surface area contributed by atoms with Gasteiger partial charge in [0.15, 0.2) is 6.10 Å². The Hall–Kier alpha value is -1.25. The molecule has 0 aromatic rings. The van der Waals surface area contributed by atoms with Gasteiger partial charge in [-0.05, 0) is 32.1 Å². The molecule has 0 saturated carbocycles. The smallest absolute Gasteiger partial charge is 0.306 e. The normalized spacial score (nSPS) is 14.2. The molecule has 2 atom stereocenters. The summed E-state index contributed by atoms with van der Waals surface area (Å²) in [6.45, 7) is 3.15. The molecule has 40 heavy (non-hydrogen) atoms. The minimum atomic E-state index is -4.57. The molecule has 9 nitrogen and oxygen atoms in total. The van der Waals surface area contributed by atoms with E-state index in [1.165, 1.54) is 71.1 Å². The van der Waals surface area contributed by atoms with Crippen LogP contribution in [0.25, 0.3) is 0 Å². The van der Waals surface area contributed by atoms with E-state index < -0.39 is 32.5 Å². The number of ether oxygens (including phenoxy) is 2. The first-order chi connectivity index (χ1) is 18.9. The van der Waals surface area contributed by atoms with Crippen LogP contribution in [0.5, 0.6) is 0 Å². The molecule has 0 N–H and O–H groups in total. The third-order valence-electron chi connectivity index (χ3n) is 6.34. The lowest BCUT2D eigenvalue weighted by molar-refractivity contribution is -0.870. The van der Waals surface area contributed by atoms with Gasteiger partial charge in [0.2, 0.25) is 0 Å². The number of phosphoric ester groups is 1. The van der Waals surface area contributed by atoms with Crippen LogP contribution in [0.15, 0.2) is 12.2 Å². The topological polar surface area (TPSA) is 111 Å². The Kier molecular flexibility index (Phi) is 23.6. The Morgan fingerprint density at radius 2 is 1.32 bits per heavy atom. The number of nitrogens with zero attached hydrogens (tertiary/aromatic N) is 1. The number of carbonyl (C=O) groups is 2. The molecule has 0 saturated heterocycles. The van der Waals surface area contributed by atoms with E-state index in [1.54, 1.807) is 0 Å². The molecule has 0 aliphatic heterocycles. The summed E-state index contributed by atoms with van der Waals surface area (Å²) in [6.07, 6.45) is 21.8. The van der Waals surface area contributed by atoms with Crippen LogP contribution in [0.1, 0.15) is 117 Å². The highest BCUT2D eigenvalue weighted by molar-refractivity contribution is 7.45. The number of likely N-dealkylation sites (N-methyl/N-ethyl adjacent to an activating group) is 1. The van der Waals surface area contributed by atoms with Crippen molar-refractivity contribution in [2.45, 2.75) is 123 Å². The molecule has 0 rings (SSSR count). The van der Waals surface area contributed by atoms with Crippen LogP contribution in [0, 0.1) is 0 Å². The van der Waals surface area contributed by atoms with Gasteiger partial charge in [-0.2, -0.15) is 0 Å². The molecule has 0 amide bonds. The number of hydrogen-bond donors (Lipinski definition) is 0. The van der Waals surface area contributed by atoms with Crippen molar-refractivity contribution < 1.29 is 42.1 Å². The highest BCUT2D eigenvalue weighted by atomic mass is 31.2. The zero-order chi connectivity index (χ0) is 30.1. The second-order valence-corrected chi connectivity index (χ2v) is 13.0. The van der Waals surface area contributed by atoms with E-state index in [4.69, 9.17) is 18.5 Å². The first kappa shape index (κ1) is 38.8. The summed E-state index contributed by atoms with van der Waals surface area (Å²) in [5, 5.41) is 0. The second-order valence-electron chi connectivity index (χ2n) is 11.5. The zero-order valence-corrected chi connectivity index (χ0v) is 26.9. The maximum absolute atomic E-state index is 12.3. The number of esters is 2. The van der Waals surface area contributed by atoms with Gasteiger partial charge in [-0.1, -0.05) is 83.3 Å². The van der Waals surface area contributed by atoms with Crippen LogP contribution in [0.3, 0.4) is 0 Å². The van der Waals surface area contributed by atoms with Crippen LogP contribution in [-0.2, 0) is 32.7 Å². The van der Waals surface area contributed by atoms with E-state index >= 15 is 0 Å². The molecule has 0 radical (unpaired) electrons. The van der Waals surface area contributed by atoms with Gasteiger partial charge in [0.25, 0.3) is 7.82 Å². The van der Waals surface area contributed by atoms with Gasteiger partial charge < -0.3 is 27.9 Å². The third-order valence-corrected chi connectivity index (χ3v) is 7.31. The van der Waals surface area contributed by atoms with Crippen LogP contribution < -0.4 is 4.89 Å². The van der Waals surface area contributed by atoms with Crippen molar-refractivity contribution >= 4 is 19.8 Å². The lowest BCUT2D eigenvalue weighted by Gasteiger charge is -2.28. The van der Waals surface area contributed by atoms with Gasteiger partial charge in [0, 0.05) is 13.3 Å². The van der Waals surface area contributed by atoms with Crippen LogP contribution in [0.4, 0.5) is 0 Å². The highest BCUT2D eigenvalue weighted by Gasteiger charge is 2.21. The SMILES string of the molecule is CCCCCCCC/C=C\CCCCCCCCCC(=O)OC(COC(C)=O)COP(=O)([O-])OCC[N+](C)(C)C. The molecule has 0 aliphatic rings. The summed E-state index contributed by atoms with van der Waals surface area (Å²) < 4.78 is 32.5. The summed E-state index contributed by atoms with van der Waals surface area (Å²) in [6, 6.07) is 0. The average Bonchev–Trinajstić information content (AvgIpc) is 2.86. The third kappa shape index (κ3) is 28.3. The molecular weight excluding hydrogens is 533 g/mol. The Balaban J connectivity index is 3.98. The molecule has 0 aromatic carbocycles. The lowest BCUT2D eigenvalue weighted by atomic mass is 10.1. The number of unbranched alkanes of at least 4 members (excludes halogenated alkanes) is 13. The Morgan fingerprint density at radius 3 is 1.85 bits per heavy atom. The Morgan fingerprint density at radius 1 is 0.800 bits per heavy atom. The standard InChI is InChI=1S/C30H58NO8P/c1-6-7-8-9-10-11-12-13-14-15-16-17-18-19-20-21-22-23-30(33)39-29(26-36-28(2)32)27-38-40(34,35)37-25-24-31(3,4)5/h13-14,29H,6-12,15-27H2,1-5H3/b14-13-. The van der Waals surface area contributed by atoms with E-state index in [0.717, 1.165) is 25.7 Å². The highest BCUT2D eigenvalue weighted by Crippen LogP contribution is 2.38. The molecule has 0 fully saturated rings. The number of carbonyl (C=O) groups excluding carboxylic acids is 2. The summed E-state index contributed by atoms with van der Waals surface area (Å²) in [4.78, 5) is 35.4. The fraction of sp³-hybridized carbons (Fsp3) is 0.867. The summed E-state index contributed by atoms with van der Waals surface area (Å²) in [5.41, 5.74) is 0. The van der Waals surface area contributed by atoms with Crippen LogP contribution in [0.2, 0.25) is 0 Å². The van der Waals surface area contributed by atoms with E-state index in [9.17, 15) is 19.0 Å². The van der Waals surface area contributed by atoms with E-state index in [-0.39, 0.29) is 19.6 Å². The molecule has 0 heterocycles. The van der Waals surface area contributed by atoms with Crippen molar-refractivity contribution in [3.8, 4) is 0 Å². The summed E-state index contributed by atoms with van der Waals surface area (Å²) in [7, 11) is 1.15. The minimum absolute atomic E-state index is 0.0327. The predicted molar refractivity (Wildman–Crippen MR) is 158 cm³/mol. The molecule has 10 heteroatoms. The van der Waals surface area contributed by atoms with Crippen molar-refractivity contribution in [1.29, 1.82) is 0 Å². The fourth-order valence-electron chi connectivity index (χ4n) is 3.90. The molecule has 236 valence electrons. The van der Waals surface area contributed by atoms with Gasteiger partial charge in [0.05, 0.1) is 27.7 Å². The van der Waals surface area contributed by atoms with Crippen molar-refractivity contribution in [1.82, 2.24) is 0 Å². The van der Waals surface area contributed by atoms with Crippen molar-refractivity contribution in [3.63, 3.8) is 0 Å². The first-order valence-electron chi connectivity index (χ1n) is 15.3. The van der Waals surface area contributed by atoms with Crippen molar-refractivity contribution in [2.24, 2.45) is 0 Å². The lowest BCUT2D eigenvalue weighted by Crippen LogP contribution is -2.37. The van der Waals surface area contributed by atoms with Gasteiger partial charge in [-0.15, -0.1) is 0 Å². The fourth-order valence-corrected chi connectivity index (χ4v) is 4.63. The number of allylic oxidation sites excluding steroid dienone is 2. The zero-order valence-electron chi connectivity index (χ0n) is 26.0. The Labute approximate surface area is 244 Å². The monoisotopic (exact) mass is 591 g/mol. The number of hydrogen-bond acceptors (Lipinski definition) is 8. The molecule has 0 aromatic heterocycles. The molecule has 0 aliphatic carbocycles. The largest absolute Gasteiger partial charge is 0.756 e. The maximum Gasteiger partial charge on any atom is 0.306 e. The summed E-state index contributed by atoms with van der Waals surface area (Å²) >= 11 is 0. The first-order valence-corrected chi connectivity index (χ1v) is 16.8. The quantitative estimate of drug-likeness (QED) is 0.0351. The van der Waals surface area contributed by atoms with Crippen LogP contribution in [-0.4, -0.2) is 70.0 Å². The van der Waals surface area contributed by atoms with Crippen LogP contribution >= 0.6 is 7.82 Å². The number of phosphoric acid groups is 1. The van der Waals surface area contributed by atoms with E-state index in [0.29, 0.717) is 17.4 Å². The minimum Gasteiger partial charge on any atom is -0.756 e. The van der Waals surface area contributed by atoms with E-state index in [2.05, 4.69) is 19.1 Å². The van der Waals surface area contributed by atoms with Gasteiger partial charge >= 0.3 is 11.9 Å².